The van der Waals surface area contributed by atoms with E-state index in [0.717, 1.165) is 48.0 Å². The number of piperidine rings is 1. The van der Waals surface area contributed by atoms with E-state index in [2.05, 4.69) is 40.2 Å². The lowest BCUT2D eigenvalue weighted by Gasteiger charge is -2.37. The van der Waals surface area contributed by atoms with Gasteiger partial charge in [0.2, 0.25) is 5.88 Å². The number of aromatic nitrogens is 2. The number of benzene rings is 1. The van der Waals surface area contributed by atoms with Crippen LogP contribution in [0.4, 0.5) is 11.5 Å². The lowest BCUT2D eigenvalue weighted by molar-refractivity contribution is 0.0781. The Morgan fingerprint density at radius 2 is 1.90 bits per heavy atom. The van der Waals surface area contributed by atoms with Crippen molar-refractivity contribution in [3.05, 3.63) is 54.4 Å². The van der Waals surface area contributed by atoms with Crippen LogP contribution < -0.4 is 15.8 Å². The van der Waals surface area contributed by atoms with Gasteiger partial charge in [-0.05, 0) is 74.3 Å². The first-order valence-electron chi connectivity index (χ1n) is 10.2. The lowest BCUT2D eigenvalue weighted by Crippen LogP contribution is -2.39. The minimum atomic E-state index is 0.226. The van der Waals surface area contributed by atoms with E-state index in [-0.39, 0.29) is 5.41 Å². The molecule has 0 aliphatic carbocycles. The number of nitrogen functional groups attached to an aromatic ring is 1. The second-order valence-corrected chi connectivity index (χ2v) is 8.39. The summed E-state index contributed by atoms with van der Waals surface area (Å²) < 4.78 is 6.07. The van der Waals surface area contributed by atoms with Crippen molar-refractivity contribution in [2.24, 2.45) is 5.41 Å². The summed E-state index contributed by atoms with van der Waals surface area (Å²) in [5, 5.41) is 5.52. The number of hydrogen-bond donors (Lipinski definition) is 2. The maximum absolute atomic E-state index is 6.07. The van der Waals surface area contributed by atoms with E-state index in [9.17, 15) is 0 Å². The number of hydrogen-bond acceptors (Lipinski definition) is 6. The number of fused-ring (bicyclic) bond motifs is 1. The first-order chi connectivity index (χ1) is 14.0. The Labute approximate surface area is 172 Å². The van der Waals surface area contributed by atoms with Crippen LogP contribution in [-0.4, -0.2) is 41.6 Å². The zero-order valence-corrected chi connectivity index (χ0v) is 17.2. The third kappa shape index (κ3) is 4.77. The molecule has 1 saturated heterocycles. The number of ether oxygens (including phenoxy) is 1. The summed E-state index contributed by atoms with van der Waals surface area (Å²) in [6, 6.07) is 12.1. The van der Waals surface area contributed by atoms with Crippen LogP contribution in [-0.2, 0) is 6.54 Å². The van der Waals surface area contributed by atoms with Crippen LogP contribution in [0.2, 0.25) is 0 Å². The number of nitrogens with one attached hydrogen (secondary N) is 1. The van der Waals surface area contributed by atoms with E-state index in [4.69, 9.17) is 10.5 Å². The molecule has 1 aliphatic rings. The van der Waals surface area contributed by atoms with Gasteiger partial charge in [-0.1, -0.05) is 6.92 Å². The number of pyridine rings is 2. The maximum atomic E-state index is 6.07. The molecule has 2 aromatic heterocycles. The molecule has 0 spiro atoms. The molecule has 4 rings (SSSR count). The highest BCUT2D eigenvalue weighted by Crippen LogP contribution is 2.31. The summed E-state index contributed by atoms with van der Waals surface area (Å²) in [6.07, 6.45) is 5.87. The van der Waals surface area contributed by atoms with Crippen molar-refractivity contribution in [1.82, 2.24) is 14.9 Å². The topological polar surface area (TPSA) is 76.3 Å². The van der Waals surface area contributed by atoms with Gasteiger partial charge in [0.15, 0.2) is 0 Å². The number of nitrogens with zero attached hydrogens (tertiary/aromatic N) is 3. The zero-order valence-electron chi connectivity index (χ0n) is 17.2. The smallest absolute Gasteiger partial charge is 0.213 e. The highest BCUT2D eigenvalue weighted by molar-refractivity contribution is 5.92. The van der Waals surface area contributed by atoms with Gasteiger partial charge >= 0.3 is 0 Å². The highest BCUT2D eigenvalue weighted by atomic mass is 16.5. The van der Waals surface area contributed by atoms with Gasteiger partial charge in [0.25, 0.3) is 0 Å². The highest BCUT2D eigenvalue weighted by Gasteiger charge is 2.29. The van der Waals surface area contributed by atoms with Crippen LogP contribution in [0.1, 0.15) is 25.3 Å². The third-order valence-corrected chi connectivity index (χ3v) is 5.85. The SMILES string of the molecule is CN1CCC(C)(COc2cc(CNc3ccc4c(N)nccc4c3)ccn2)CC1. The summed E-state index contributed by atoms with van der Waals surface area (Å²) in [5.74, 6) is 1.25. The molecule has 0 amide bonds. The molecule has 3 N–H and O–H groups in total. The average molecular weight is 392 g/mol. The van der Waals surface area contributed by atoms with Crippen LogP contribution in [0.5, 0.6) is 5.88 Å². The fourth-order valence-electron chi connectivity index (χ4n) is 3.71. The Morgan fingerprint density at radius 3 is 2.72 bits per heavy atom. The van der Waals surface area contributed by atoms with Gasteiger partial charge in [-0.3, -0.25) is 0 Å². The van der Waals surface area contributed by atoms with E-state index in [0.29, 0.717) is 24.8 Å². The summed E-state index contributed by atoms with van der Waals surface area (Å²) in [6.45, 7) is 5.99. The summed E-state index contributed by atoms with van der Waals surface area (Å²) >= 11 is 0. The standard InChI is InChI=1S/C23H29N5O/c1-23(7-11-28(2)12-8-23)16-29-21-13-17(5-9-25-21)15-27-19-3-4-20-18(14-19)6-10-26-22(20)24/h3-6,9-10,13-14,27H,7-8,11-12,15-16H2,1-2H3,(H2,24,26). The van der Waals surface area contributed by atoms with Gasteiger partial charge in [0.05, 0.1) is 6.61 Å². The van der Waals surface area contributed by atoms with Gasteiger partial charge in [-0.25, -0.2) is 9.97 Å². The van der Waals surface area contributed by atoms with Gasteiger partial charge in [0, 0.05) is 41.5 Å². The third-order valence-electron chi connectivity index (χ3n) is 5.85. The zero-order chi connectivity index (χ0) is 20.3. The lowest BCUT2D eigenvalue weighted by atomic mass is 9.81. The first-order valence-corrected chi connectivity index (χ1v) is 10.2. The van der Waals surface area contributed by atoms with E-state index in [1.165, 1.54) is 0 Å². The fourth-order valence-corrected chi connectivity index (χ4v) is 3.71. The van der Waals surface area contributed by atoms with E-state index < -0.39 is 0 Å². The molecular formula is C23H29N5O. The molecular weight excluding hydrogens is 362 g/mol. The number of anilines is 2. The number of likely N-dealkylation sites (tertiary alicyclic amines) is 1. The minimum Gasteiger partial charge on any atom is -0.477 e. The summed E-state index contributed by atoms with van der Waals surface area (Å²) in [5.41, 5.74) is 8.34. The predicted molar refractivity (Wildman–Crippen MR) is 118 cm³/mol. The molecule has 3 heterocycles. The molecule has 1 fully saturated rings. The molecule has 1 aliphatic heterocycles. The van der Waals surface area contributed by atoms with E-state index in [1.54, 1.807) is 6.20 Å². The van der Waals surface area contributed by atoms with Crippen LogP contribution in [0.25, 0.3) is 10.8 Å². The van der Waals surface area contributed by atoms with E-state index >= 15 is 0 Å². The van der Waals surface area contributed by atoms with Crippen LogP contribution in [0.3, 0.4) is 0 Å². The van der Waals surface area contributed by atoms with Crippen molar-refractivity contribution in [1.29, 1.82) is 0 Å². The first kappa shape index (κ1) is 19.5. The van der Waals surface area contributed by atoms with Crippen molar-refractivity contribution in [3.8, 4) is 5.88 Å². The van der Waals surface area contributed by atoms with Crippen LogP contribution in [0.15, 0.2) is 48.8 Å². The molecule has 3 aromatic rings. The van der Waals surface area contributed by atoms with Crippen molar-refractivity contribution in [2.45, 2.75) is 26.3 Å². The molecule has 0 bridgehead atoms. The van der Waals surface area contributed by atoms with Gasteiger partial charge in [-0.2, -0.15) is 0 Å². The molecule has 29 heavy (non-hydrogen) atoms. The molecule has 1 aromatic carbocycles. The van der Waals surface area contributed by atoms with Crippen molar-refractivity contribution >= 4 is 22.3 Å². The Morgan fingerprint density at radius 1 is 1.10 bits per heavy atom. The van der Waals surface area contributed by atoms with Gasteiger partial charge < -0.3 is 20.7 Å². The van der Waals surface area contributed by atoms with Gasteiger partial charge in [0.1, 0.15) is 5.82 Å². The monoisotopic (exact) mass is 391 g/mol. The summed E-state index contributed by atoms with van der Waals surface area (Å²) in [4.78, 5) is 10.9. The largest absolute Gasteiger partial charge is 0.477 e. The Hall–Kier alpha value is -2.86. The number of rotatable bonds is 6. The van der Waals surface area contributed by atoms with E-state index in [1.807, 2.05) is 36.5 Å². The molecule has 0 saturated carbocycles. The average Bonchev–Trinajstić information content (AvgIpc) is 2.74. The minimum absolute atomic E-state index is 0.226. The molecule has 6 heteroatoms. The second kappa shape index (κ2) is 8.25. The van der Waals surface area contributed by atoms with Crippen LogP contribution >= 0.6 is 0 Å². The Balaban J connectivity index is 1.36. The number of nitrogens with two attached hydrogens (primary N) is 1. The van der Waals surface area contributed by atoms with Gasteiger partial charge in [-0.15, -0.1) is 0 Å². The quantitative estimate of drug-likeness (QED) is 0.663. The Kier molecular flexibility index (Phi) is 5.53. The fraction of sp³-hybridized carbons (Fsp3) is 0.391. The van der Waals surface area contributed by atoms with Crippen LogP contribution in [0, 0.1) is 5.41 Å². The van der Waals surface area contributed by atoms with Crippen molar-refractivity contribution in [3.63, 3.8) is 0 Å². The second-order valence-electron chi connectivity index (χ2n) is 8.39. The molecule has 0 radical (unpaired) electrons. The predicted octanol–water partition coefficient (Wildman–Crippen LogP) is 3.93. The maximum Gasteiger partial charge on any atom is 0.213 e. The summed E-state index contributed by atoms with van der Waals surface area (Å²) in [7, 11) is 2.18. The molecule has 0 atom stereocenters. The normalized spacial score (nSPS) is 16.6. The Bertz CT molecular complexity index is 982. The molecule has 6 nitrogen and oxygen atoms in total. The molecule has 0 unspecified atom stereocenters. The molecule has 152 valence electrons. The van der Waals surface area contributed by atoms with Crippen molar-refractivity contribution in [2.75, 3.05) is 37.8 Å². The van der Waals surface area contributed by atoms with Crippen molar-refractivity contribution < 1.29 is 4.74 Å².